The maximum atomic E-state index is 12.0. The Morgan fingerprint density at radius 2 is 1.62 bits per heavy atom. The Hall–Kier alpha value is -1.47. The molecule has 1 aliphatic rings. The molecule has 0 aliphatic heterocycles. The van der Waals surface area contributed by atoms with Crippen LogP contribution in [0.25, 0.3) is 0 Å². The Morgan fingerprint density at radius 3 is 2.23 bits per heavy atom. The summed E-state index contributed by atoms with van der Waals surface area (Å²) in [6, 6.07) is 0.166. The zero-order chi connectivity index (χ0) is 19.4. The Kier molecular flexibility index (Phi) is 11.1. The standard InChI is InChI=1S/C19H34N2O5/c1-14(2)19(24)15-4-6-16(7-5-15)21-18(23)9-12-26-13-10-20-17(22)8-11-25-3/h14-16H,4-13H2,1-3H3,(H,20,22)(H,21,23). The summed E-state index contributed by atoms with van der Waals surface area (Å²) in [6.07, 6.45) is 4.10. The summed E-state index contributed by atoms with van der Waals surface area (Å²) in [4.78, 5) is 35.3. The number of Topliss-reactive ketones (excluding diaryl/α,β-unsaturated/α-hetero) is 1. The quantitative estimate of drug-likeness (QED) is 0.507. The van der Waals surface area contributed by atoms with Crippen LogP contribution in [0.1, 0.15) is 52.4 Å². The molecule has 0 saturated heterocycles. The largest absolute Gasteiger partial charge is 0.384 e. The number of rotatable bonds is 12. The molecule has 1 fully saturated rings. The number of nitrogens with one attached hydrogen (secondary N) is 2. The van der Waals surface area contributed by atoms with Crippen molar-refractivity contribution in [2.24, 2.45) is 11.8 Å². The molecule has 0 spiro atoms. The molecule has 7 heteroatoms. The van der Waals surface area contributed by atoms with E-state index in [1.807, 2.05) is 13.8 Å². The highest BCUT2D eigenvalue weighted by Crippen LogP contribution is 2.27. The van der Waals surface area contributed by atoms with Crippen LogP contribution in [0.4, 0.5) is 0 Å². The van der Waals surface area contributed by atoms with Gasteiger partial charge in [0.05, 0.1) is 19.8 Å². The molecule has 2 amide bonds. The van der Waals surface area contributed by atoms with Gasteiger partial charge in [-0.15, -0.1) is 0 Å². The van der Waals surface area contributed by atoms with E-state index in [4.69, 9.17) is 9.47 Å². The Balaban J connectivity index is 2.04. The van der Waals surface area contributed by atoms with Gasteiger partial charge in [-0.1, -0.05) is 13.8 Å². The van der Waals surface area contributed by atoms with E-state index in [0.717, 1.165) is 25.7 Å². The number of carbonyl (C=O) groups is 3. The molecule has 0 aromatic carbocycles. The van der Waals surface area contributed by atoms with Crippen molar-refractivity contribution in [2.45, 2.75) is 58.4 Å². The molecule has 7 nitrogen and oxygen atoms in total. The second kappa shape index (κ2) is 12.8. The number of hydrogen-bond donors (Lipinski definition) is 2. The van der Waals surface area contributed by atoms with Crippen LogP contribution in [0.2, 0.25) is 0 Å². The van der Waals surface area contributed by atoms with Gasteiger partial charge in [0.25, 0.3) is 0 Å². The highest BCUT2D eigenvalue weighted by molar-refractivity contribution is 5.83. The second-order valence-corrected chi connectivity index (χ2v) is 7.13. The van der Waals surface area contributed by atoms with Crippen molar-refractivity contribution in [3.8, 4) is 0 Å². The molecule has 0 radical (unpaired) electrons. The fourth-order valence-corrected chi connectivity index (χ4v) is 3.11. The topological polar surface area (TPSA) is 93.7 Å². The molecule has 0 aromatic rings. The number of ether oxygens (including phenoxy) is 2. The van der Waals surface area contributed by atoms with Crippen LogP contribution in [0.3, 0.4) is 0 Å². The van der Waals surface area contributed by atoms with Gasteiger partial charge in [0, 0.05) is 44.4 Å². The molecule has 0 atom stereocenters. The molecule has 1 aliphatic carbocycles. The van der Waals surface area contributed by atoms with Crippen LogP contribution >= 0.6 is 0 Å². The zero-order valence-corrected chi connectivity index (χ0v) is 16.3. The smallest absolute Gasteiger partial charge is 0.222 e. The normalized spacial score (nSPS) is 20.0. The van der Waals surface area contributed by atoms with E-state index < -0.39 is 0 Å². The summed E-state index contributed by atoms with van der Waals surface area (Å²) in [5.74, 6) is 0.503. The first-order valence-electron chi connectivity index (χ1n) is 9.60. The molecule has 150 valence electrons. The Labute approximate surface area is 156 Å². The van der Waals surface area contributed by atoms with E-state index in [-0.39, 0.29) is 29.7 Å². The summed E-state index contributed by atoms with van der Waals surface area (Å²) in [5, 5.41) is 5.75. The fraction of sp³-hybridized carbons (Fsp3) is 0.842. The van der Waals surface area contributed by atoms with Crippen molar-refractivity contribution in [3.63, 3.8) is 0 Å². The van der Waals surface area contributed by atoms with E-state index in [0.29, 0.717) is 45.0 Å². The summed E-state index contributed by atoms with van der Waals surface area (Å²) < 4.78 is 10.2. The highest BCUT2D eigenvalue weighted by Gasteiger charge is 2.28. The first-order chi connectivity index (χ1) is 12.4. The van der Waals surface area contributed by atoms with Gasteiger partial charge in [0.2, 0.25) is 11.8 Å². The third-order valence-electron chi connectivity index (χ3n) is 4.64. The third-order valence-corrected chi connectivity index (χ3v) is 4.64. The molecule has 0 aromatic heterocycles. The molecule has 1 rings (SSSR count). The molecule has 26 heavy (non-hydrogen) atoms. The Morgan fingerprint density at radius 1 is 0.962 bits per heavy atom. The molecule has 0 unspecified atom stereocenters. The fourth-order valence-electron chi connectivity index (χ4n) is 3.11. The minimum atomic E-state index is -0.0697. The maximum Gasteiger partial charge on any atom is 0.222 e. The van der Waals surface area contributed by atoms with Crippen molar-refractivity contribution >= 4 is 17.6 Å². The van der Waals surface area contributed by atoms with Gasteiger partial charge in [-0.3, -0.25) is 14.4 Å². The summed E-state index contributed by atoms with van der Waals surface area (Å²) in [5.41, 5.74) is 0. The maximum absolute atomic E-state index is 12.0. The molecule has 1 saturated carbocycles. The van der Waals surface area contributed by atoms with Crippen molar-refractivity contribution in [2.75, 3.05) is 33.5 Å². The van der Waals surface area contributed by atoms with Crippen LogP contribution < -0.4 is 10.6 Å². The van der Waals surface area contributed by atoms with Gasteiger partial charge >= 0.3 is 0 Å². The van der Waals surface area contributed by atoms with Crippen LogP contribution in [0.15, 0.2) is 0 Å². The van der Waals surface area contributed by atoms with Crippen LogP contribution in [-0.2, 0) is 23.9 Å². The summed E-state index contributed by atoms with van der Waals surface area (Å²) in [6.45, 7) is 5.44. The van der Waals surface area contributed by atoms with Gasteiger partial charge in [-0.25, -0.2) is 0 Å². The minimum Gasteiger partial charge on any atom is -0.384 e. The average Bonchev–Trinajstić information content (AvgIpc) is 2.62. The van der Waals surface area contributed by atoms with E-state index in [1.54, 1.807) is 7.11 Å². The highest BCUT2D eigenvalue weighted by atomic mass is 16.5. The third kappa shape index (κ3) is 9.29. The van der Waals surface area contributed by atoms with Gasteiger partial charge in [-0.05, 0) is 25.7 Å². The zero-order valence-electron chi connectivity index (χ0n) is 16.3. The molecule has 2 N–H and O–H groups in total. The number of carbonyl (C=O) groups excluding carboxylic acids is 3. The van der Waals surface area contributed by atoms with Gasteiger partial charge in [0.15, 0.2) is 0 Å². The lowest BCUT2D eigenvalue weighted by Gasteiger charge is -2.29. The molecule has 0 heterocycles. The van der Waals surface area contributed by atoms with Gasteiger partial charge in [-0.2, -0.15) is 0 Å². The number of ketones is 1. The van der Waals surface area contributed by atoms with E-state index in [1.165, 1.54) is 0 Å². The SMILES string of the molecule is COCCC(=O)NCCOCCC(=O)NC1CCC(C(=O)C(C)C)CC1. The lowest BCUT2D eigenvalue weighted by Crippen LogP contribution is -2.39. The van der Waals surface area contributed by atoms with Gasteiger partial charge in [0.1, 0.15) is 5.78 Å². The van der Waals surface area contributed by atoms with Crippen LogP contribution in [-0.4, -0.2) is 57.1 Å². The lowest BCUT2D eigenvalue weighted by molar-refractivity contribution is -0.127. The van der Waals surface area contributed by atoms with Crippen molar-refractivity contribution < 1.29 is 23.9 Å². The number of methoxy groups -OCH3 is 1. The first kappa shape index (κ1) is 22.6. The predicted octanol–water partition coefficient (Wildman–Crippen LogP) is 1.45. The van der Waals surface area contributed by atoms with Crippen molar-refractivity contribution in [3.05, 3.63) is 0 Å². The van der Waals surface area contributed by atoms with Crippen molar-refractivity contribution in [1.29, 1.82) is 0 Å². The van der Waals surface area contributed by atoms with Crippen molar-refractivity contribution in [1.82, 2.24) is 10.6 Å². The number of amides is 2. The minimum absolute atomic E-state index is 0.0206. The lowest BCUT2D eigenvalue weighted by atomic mass is 9.80. The van der Waals surface area contributed by atoms with E-state index in [2.05, 4.69) is 10.6 Å². The first-order valence-corrected chi connectivity index (χ1v) is 9.60. The van der Waals surface area contributed by atoms with Crippen LogP contribution in [0.5, 0.6) is 0 Å². The predicted molar refractivity (Wildman–Crippen MR) is 98.7 cm³/mol. The van der Waals surface area contributed by atoms with E-state index >= 15 is 0 Å². The van der Waals surface area contributed by atoms with Crippen LogP contribution in [0, 0.1) is 11.8 Å². The second-order valence-electron chi connectivity index (χ2n) is 7.13. The Bertz CT molecular complexity index is 445. The molecular weight excluding hydrogens is 336 g/mol. The van der Waals surface area contributed by atoms with Gasteiger partial charge < -0.3 is 20.1 Å². The monoisotopic (exact) mass is 370 g/mol. The summed E-state index contributed by atoms with van der Waals surface area (Å²) in [7, 11) is 1.55. The molecular formula is C19H34N2O5. The number of hydrogen-bond acceptors (Lipinski definition) is 5. The summed E-state index contributed by atoms with van der Waals surface area (Å²) >= 11 is 0. The van der Waals surface area contributed by atoms with E-state index in [9.17, 15) is 14.4 Å². The average molecular weight is 370 g/mol. The molecule has 0 bridgehead atoms.